The number of nitro benzene ring substituents is 1. The van der Waals surface area contributed by atoms with Crippen molar-refractivity contribution in [2.45, 2.75) is 32.4 Å². The Morgan fingerprint density at radius 3 is 2.88 bits per heavy atom. The van der Waals surface area contributed by atoms with E-state index in [1.165, 1.54) is 0 Å². The van der Waals surface area contributed by atoms with Gasteiger partial charge < -0.3 is 10.1 Å². The molecule has 0 amide bonds. The molecular weight excluding hydrogens is 220 g/mol. The predicted molar refractivity (Wildman–Crippen MR) is 65.3 cm³/mol. The number of ether oxygens (including phenoxy) is 1. The van der Waals surface area contributed by atoms with E-state index in [1.54, 1.807) is 12.1 Å². The minimum absolute atomic E-state index is 0.0934. The Hall–Kier alpha value is -1.62. The molecule has 0 aliphatic carbocycles. The van der Waals surface area contributed by atoms with Crippen LogP contribution in [0.5, 0.6) is 0 Å². The third kappa shape index (κ3) is 2.55. The van der Waals surface area contributed by atoms with Crippen LogP contribution in [0.2, 0.25) is 0 Å². The van der Waals surface area contributed by atoms with Crippen molar-refractivity contribution in [2.24, 2.45) is 0 Å². The standard InChI is InChI=1S/C12H16N2O3/c1-8-3-4-11(12(7-8)14(15)16)13-10-5-6-17-9(10)2/h3-4,7,9-10,13H,5-6H2,1-2H3. The van der Waals surface area contributed by atoms with E-state index in [2.05, 4.69) is 5.32 Å². The van der Waals surface area contributed by atoms with Gasteiger partial charge in [0.15, 0.2) is 0 Å². The molecule has 1 aromatic rings. The van der Waals surface area contributed by atoms with Gasteiger partial charge >= 0.3 is 0 Å². The second-order valence-corrected chi connectivity index (χ2v) is 4.39. The summed E-state index contributed by atoms with van der Waals surface area (Å²) in [6.07, 6.45) is 0.975. The Bertz CT molecular complexity index is 434. The minimum atomic E-state index is -0.351. The lowest BCUT2D eigenvalue weighted by Crippen LogP contribution is -2.27. The topological polar surface area (TPSA) is 64.4 Å². The average molecular weight is 236 g/mol. The van der Waals surface area contributed by atoms with Crippen LogP contribution in [0, 0.1) is 17.0 Å². The zero-order valence-electron chi connectivity index (χ0n) is 9.97. The number of aryl methyl sites for hydroxylation is 1. The molecule has 1 fully saturated rings. The molecule has 1 saturated heterocycles. The van der Waals surface area contributed by atoms with Crippen molar-refractivity contribution >= 4 is 11.4 Å². The van der Waals surface area contributed by atoms with E-state index < -0.39 is 0 Å². The van der Waals surface area contributed by atoms with Crippen LogP contribution >= 0.6 is 0 Å². The van der Waals surface area contributed by atoms with Crippen molar-refractivity contribution in [2.75, 3.05) is 11.9 Å². The summed E-state index contributed by atoms with van der Waals surface area (Å²) in [5, 5.41) is 14.2. The number of rotatable bonds is 3. The molecule has 92 valence electrons. The van der Waals surface area contributed by atoms with Gasteiger partial charge in [-0.2, -0.15) is 0 Å². The molecule has 5 nitrogen and oxygen atoms in total. The van der Waals surface area contributed by atoms with Gasteiger partial charge in [0.05, 0.1) is 17.1 Å². The molecule has 2 rings (SSSR count). The third-order valence-electron chi connectivity index (χ3n) is 3.07. The predicted octanol–water partition coefficient (Wildman–Crippen LogP) is 2.49. The Morgan fingerprint density at radius 2 is 2.29 bits per heavy atom. The summed E-state index contributed by atoms with van der Waals surface area (Å²) >= 11 is 0. The van der Waals surface area contributed by atoms with E-state index in [1.807, 2.05) is 19.9 Å². The van der Waals surface area contributed by atoms with E-state index in [9.17, 15) is 10.1 Å². The molecule has 0 radical (unpaired) electrons. The van der Waals surface area contributed by atoms with Gasteiger partial charge in [0.2, 0.25) is 0 Å². The van der Waals surface area contributed by atoms with Crippen molar-refractivity contribution in [3.8, 4) is 0 Å². The smallest absolute Gasteiger partial charge is 0.292 e. The summed E-state index contributed by atoms with van der Waals surface area (Å²) < 4.78 is 5.43. The maximum atomic E-state index is 11.0. The number of hydrogen-bond donors (Lipinski definition) is 1. The van der Waals surface area contributed by atoms with Crippen LogP contribution in [0.15, 0.2) is 18.2 Å². The molecule has 1 aromatic carbocycles. The summed E-state index contributed by atoms with van der Waals surface area (Å²) in [5.41, 5.74) is 1.59. The van der Waals surface area contributed by atoms with Crippen molar-refractivity contribution in [3.63, 3.8) is 0 Å². The number of nitro groups is 1. The summed E-state index contributed by atoms with van der Waals surface area (Å²) in [7, 11) is 0. The lowest BCUT2D eigenvalue weighted by molar-refractivity contribution is -0.384. The van der Waals surface area contributed by atoms with Crippen molar-refractivity contribution < 1.29 is 9.66 Å². The third-order valence-corrected chi connectivity index (χ3v) is 3.07. The largest absolute Gasteiger partial charge is 0.376 e. The zero-order chi connectivity index (χ0) is 12.4. The van der Waals surface area contributed by atoms with Gasteiger partial charge in [0.1, 0.15) is 5.69 Å². The first kappa shape index (κ1) is 11.9. The van der Waals surface area contributed by atoms with E-state index >= 15 is 0 Å². The number of anilines is 1. The van der Waals surface area contributed by atoms with Gasteiger partial charge in [-0.15, -0.1) is 0 Å². The highest BCUT2D eigenvalue weighted by atomic mass is 16.6. The van der Waals surface area contributed by atoms with Gasteiger partial charge in [-0.25, -0.2) is 0 Å². The van der Waals surface area contributed by atoms with Crippen molar-refractivity contribution in [1.29, 1.82) is 0 Å². The molecule has 0 bridgehead atoms. The van der Waals surface area contributed by atoms with Crippen LogP contribution in [0.4, 0.5) is 11.4 Å². The first-order chi connectivity index (χ1) is 8.08. The van der Waals surface area contributed by atoms with Crippen LogP contribution in [-0.4, -0.2) is 23.7 Å². The Labute approximate surface area is 99.9 Å². The SMILES string of the molecule is Cc1ccc(NC2CCOC2C)c([N+](=O)[O-])c1. The molecule has 1 aliphatic heterocycles. The summed E-state index contributed by atoms with van der Waals surface area (Å²) in [4.78, 5) is 10.6. The monoisotopic (exact) mass is 236 g/mol. The van der Waals surface area contributed by atoms with E-state index in [-0.39, 0.29) is 22.8 Å². The van der Waals surface area contributed by atoms with Gasteiger partial charge in [0.25, 0.3) is 5.69 Å². The summed E-state index contributed by atoms with van der Waals surface area (Å²) in [6.45, 7) is 4.53. The maximum Gasteiger partial charge on any atom is 0.292 e. The van der Waals surface area contributed by atoms with Gasteiger partial charge in [-0.05, 0) is 31.9 Å². The number of hydrogen-bond acceptors (Lipinski definition) is 4. The summed E-state index contributed by atoms with van der Waals surface area (Å²) in [5.74, 6) is 0. The van der Waals surface area contributed by atoms with Crippen molar-refractivity contribution in [3.05, 3.63) is 33.9 Å². The highest BCUT2D eigenvalue weighted by Crippen LogP contribution is 2.28. The average Bonchev–Trinajstić information content (AvgIpc) is 2.67. The highest BCUT2D eigenvalue weighted by molar-refractivity contribution is 5.63. The number of benzene rings is 1. The van der Waals surface area contributed by atoms with Gasteiger partial charge in [-0.3, -0.25) is 10.1 Å². The first-order valence-corrected chi connectivity index (χ1v) is 5.71. The second-order valence-electron chi connectivity index (χ2n) is 4.39. The second kappa shape index (κ2) is 4.71. The lowest BCUT2D eigenvalue weighted by Gasteiger charge is -2.17. The van der Waals surface area contributed by atoms with Crippen LogP contribution in [0.1, 0.15) is 18.9 Å². The molecule has 2 atom stereocenters. The molecule has 0 aromatic heterocycles. The Balaban J connectivity index is 2.22. The van der Waals surface area contributed by atoms with Crippen LogP contribution in [-0.2, 0) is 4.74 Å². The van der Waals surface area contributed by atoms with Gasteiger partial charge in [-0.1, -0.05) is 6.07 Å². The first-order valence-electron chi connectivity index (χ1n) is 5.71. The van der Waals surface area contributed by atoms with Crippen LogP contribution < -0.4 is 5.32 Å². The van der Waals surface area contributed by atoms with Crippen molar-refractivity contribution in [1.82, 2.24) is 0 Å². The van der Waals surface area contributed by atoms with Crippen LogP contribution in [0.25, 0.3) is 0 Å². The van der Waals surface area contributed by atoms with E-state index in [0.717, 1.165) is 12.0 Å². The number of nitrogens with one attached hydrogen (secondary N) is 1. The molecule has 0 saturated carbocycles. The number of nitrogens with zero attached hydrogens (tertiary/aromatic N) is 1. The molecule has 2 unspecified atom stereocenters. The lowest BCUT2D eigenvalue weighted by atomic mass is 10.1. The quantitative estimate of drug-likeness (QED) is 0.647. The molecule has 17 heavy (non-hydrogen) atoms. The molecule has 1 heterocycles. The zero-order valence-corrected chi connectivity index (χ0v) is 9.97. The fourth-order valence-electron chi connectivity index (χ4n) is 2.04. The van der Waals surface area contributed by atoms with E-state index in [4.69, 9.17) is 4.74 Å². The maximum absolute atomic E-state index is 11.0. The molecule has 0 spiro atoms. The highest BCUT2D eigenvalue weighted by Gasteiger charge is 2.26. The Kier molecular flexibility index (Phi) is 3.28. The van der Waals surface area contributed by atoms with E-state index in [0.29, 0.717) is 12.3 Å². The molecular formula is C12H16N2O3. The minimum Gasteiger partial charge on any atom is -0.376 e. The Morgan fingerprint density at radius 1 is 1.53 bits per heavy atom. The summed E-state index contributed by atoms with van der Waals surface area (Å²) in [6, 6.07) is 5.37. The van der Waals surface area contributed by atoms with Gasteiger partial charge in [0, 0.05) is 12.7 Å². The molecule has 1 N–H and O–H groups in total. The van der Waals surface area contributed by atoms with Crippen LogP contribution in [0.3, 0.4) is 0 Å². The fourth-order valence-corrected chi connectivity index (χ4v) is 2.04. The molecule has 1 aliphatic rings. The normalized spacial score (nSPS) is 23.6. The fraction of sp³-hybridized carbons (Fsp3) is 0.500. The molecule has 5 heteroatoms.